The highest BCUT2D eigenvalue weighted by atomic mass is 16.1. The van der Waals surface area contributed by atoms with Crippen molar-refractivity contribution in [1.29, 1.82) is 0 Å². The summed E-state index contributed by atoms with van der Waals surface area (Å²) in [5, 5.41) is 3.33. The van der Waals surface area contributed by atoms with Crippen molar-refractivity contribution in [2.24, 2.45) is 0 Å². The quantitative estimate of drug-likeness (QED) is 0.441. The van der Waals surface area contributed by atoms with Crippen molar-refractivity contribution >= 4 is 28.7 Å². The van der Waals surface area contributed by atoms with Crippen LogP contribution in [0.2, 0.25) is 0 Å². The molecule has 0 saturated carbocycles. The average Bonchev–Trinajstić information content (AvgIpc) is 3.06. The number of fused-ring (bicyclic) bond motifs is 1. The Bertz CT molecular complexity index is 1050. The van der Waals surface area contributed by atoms with E-state index in [1.165, 1.54) is 0 Å². The van der Waals surface area contributed by atoms with E-state index in [1.807, 2.05) is 12.1 Å². The fraction of sp³-hybridized carbons (Fsp3) is 0.300. The van der Waals surface area contributed by atoms with E-state index < -0.39 is 0 Å². The Kier molecular flexibility index (Phi) is 5.88. The van der Waals surface area contributed by atoms with Gasteiger partial charge in [-0.25, -0.2) is 0 Å². The lowest BCUT2D eigenvalue weighted by Crippen LogP contribution is -2.24. The molecule has 0 fully saturated rings. The number of ketones is 1. The lowest BCUT2D eigenvalue weighted by atomic mass is 10.0. The number of aromatic amines is 2. The number of aryl methyl sites for hydroxylation is 2. The van der Waals surface area contributed by atoms with Crippen molar-refractivity contribution in [3.8, 4) is 0 Å². The third-order valence-electron chi connectivity index (χ3n) is 4.53. The Morgan fingerprint density at radius 3 is 2.64 bits per heavy atom. The van der Waals surface area contributed by atoms with Gasteiger partial charge in [-0.2, -0.15) is 4.98 Å². The van der Waals surface area contributed by atoms with Gasteiger partial charge < -0.3 is 20.8 Å². The van der Waals surface area contributed by atoms with Crippen LogP contribution in [0.3, 0.4) is 0 Å². The van der Waals surface area contributed by atoms with Crippen molar-refractivity contribution in [2.75, 3.05) is 12.3 Å². The molecule has 1 aromatic carbocycles. The average molecular weight is 381 g/mol. The summed E-state index contributed by atoms with van der Waals surface area (Å²) < 4.78 is 0. The minimum atomic E-state index is -0.254. The molecule has 0 spiro atoms. The third-order valence-corrected chi connectivity index (χ3v) is 4.53. The maximum Gasteiger partial charge on any atom is 0.262 e. The van der Waals surface area contributed by atoms with Gasteiger partial charge in [-0.3, -0.25) is 14.6 Å². The minimum absolute atomic E-state index is 0.0843. The highest BCUT2D eigenvalue weighted by Crippen LogP contribution is 2.16. The van der Waals surface area contributed by atoms with Crippen molar-refractivity contribution in [2.45, 2.75) is 32.6 Å². The number of hydrogen-bond donors (Lipinski definition) is 4. The molecule has 0 aliphatic carbocycles. The molecule has 3 rings (SSSR count). The smallest absolute Gasteiger partial charge is 0.262 e. The third kappa shape index (κ3) is 4.64. The zero-order valence-electron chi connectivity index (χ0n) is 15.7. The van der Waals surface area contributed by atoms with Gasteiger partial charge in [0.1, 0.15) is 11.4 Å². The lowest BCUT2D eigenvalue weighted by Gasteiger charge is -2.06. The second-order valence-electron chi connectivity index (χ2n) is 6.75. The molecular formula is C20H23N5O3. The number of Topliss-reactive ketones (excluding diaryl/α,β-unsaturated/α-hetero) is 1. The second-order valence-corrected chi connectivity index (χ2v) is 6.75. The van der Waals surface area contributed by atoms with Crippen molar-refractivity contribution in [1.82, 2.24) is 20.3 Å². The van der Waals surface area contributed by atoms with E-state index in [0.717, 1.165) is 17.5 Å². The number of nitrogens with zero attached hydrogens (tertiary/aromatic N) is 1. The molecule has 0 atom stereocenters. The first-order valence-electron chi connectivity index (χ1n) is 9.16. The SMILES string of the molecule is CC(=O)CCCNC(=O)c1ccc(CCc2c[nH]c3nc(N)[nH]c(=O)c23)cc1. The predicted molar refractivity (Wildman–Crippen MR) is 107 cm³/mol. The summed E-state index contributed by atoms with van der Waals surface area (Å²) in [6, 6.07) is 7.36. The zero-order valence-corrected chi connectivity index (χ0v) is 15.7. The van der Waals surface area contributed by atoms with E-state index in [9.17, 15) is 14.4 Å². The molecule has 0 radical (unpaired) electrons. The number of rotatable bonds is 8. The van der Waals surface area contributed by atoms with Gasteiger partial charge >= 0.3 is 0 Å². The molecule has 0 saturated heterocycles. The number of carbonyl (C=O) groups excluding carboxylic acids is 2. The first-order chi connectivity index (χ1) is 13.4. The first-order valence-corrected chi connectivity index (χ1v) is 9.16. The Labute approximate surface area is 161 Å². The molecule has 5 N–H and O–H groups in total. The molecule has 2 aromatic heterocycles. The van der Waals surface area contributed by atoms with E-state index >= 15 is 0 Å². The van der Waals surface area contributed by atoms with Gasteiger partial charge in [0.15, 0.2) is 0 Å². The van der Waals surface area contributed by atoms with Gasteiger partial charge in [0.25, 0.3) is 11.5 Å². The Hall–Kier alpha value is -3.42. The highest BCUT2D eigenvalue weighted by Gasteiger charge is 2.10. The fourth-order valence-corrected chi connectivity index (χ4v) is 3.06. The number of nitrogens with one attached hydrogen (secondary N) is 3. The summed E-state index contributed by atoms with van der Waals surface area (Å²) in [7, 11) is 0. The number of H-pyrrole nitrogens is 2. The normalized spacial score (nSPS) is 10.9. The molecule has 146 valence electrons. The number of anilines is 1. The Balaban J connectivity index is 1.58. The van der Waals surface area contributed by atoms with Crippen LogP contribution in [-0.4, -0.2) is 33.2 Å². The number of hydrogen-bond acceptors (Lipinski definition) is 5. The van der Waals surface area contributed by atoms with Gasteiger partial charge in [0.2, 0.25) is 5.95 Å². The van der Waals surface area contributed by atoms with Crippen molar-refractivity contribution < 1.29 is 9.59 Å². The van der Waals surface area contributed by atoms with Crippen LogP contribution in [0.1, 0.15) is 41.3 Å². The van der Waals surface area contributed by atoms with E-state index in [4.69, 9.17) is 5.73 Å². The van der Waals surface area contributed by atoms with Gasteiger partial charge in [-0.1, -0.05) is 12.1 Å². The molecule has 0 aliphatic heterocycles. The largest absolute Gasteiger partial charge is 0.369 e. The van der Waals surface area contributed by atoms with E-state index in [0.29, 0.717) is 42.4 Å². The van der Waals surface area contributed by atoms with Gasteiger partial charge in [0, 0.05) is 24.7 Å². The topological polar surface area (TPSA) is 134 Å². The molecule has 3 aromatic rings. The van der Waals surface area contributed by atoms with Crippen LogP contribution in [0.15, 0.2) is 35.3 Å². The minimum Gasteiger partial charge on any atom is -0.369 e. The molecule has 28 heavy (non-hydrogen) atoms. The lowest BCUT2D eigenvalue weighted by molar-refractivity contribution is -0.117. The van der Waals surface area contributed by atoms with E-state index in [2.05, 4.69) is 20.3 Å². The summed E-state index contributed by atoms with van der Waals surface area (Å²) in [6.07, 6.45) is 4.26. The van der Waals surface area contributed by atoms with E-state index in [-0.39, 0.29) is 23.2 Å². The number of aromatic nitrogens is 3. The zero-order chi connectivity index (χ0) is 20.1. The molecule has 2 heterocycles. The van der Waals surface area contributed by atoms with Crippen LogP contribution in [0.5, 0.6) is 0 Å². The Morgan fingerprint density at radius 2 is 1.93 bits per heavy atom. The Morgan fingerprint density at radius 1 is 1.18 bits per heavy atom. The summed E-state index contributed by atoms with van der Waals surface area (Å²) in [4.78, 5) is 44.7. The van der Waals surface area contributed by atoms with Crippen molar-refractivity contribution in [3.05, 3.63) is 57.5 Å². The molecular weight excluding hydrogens is 358 g/mol. The summed E-state index contributed by atoms with van der Waals surface area (Å²) in [5.41, 5.74) is 8.29. The maximum atomic E-state index is 12.1. The molecule has 8 nitrogen and oxygen atoms in total. The first kappa shape index (κ1) is 19.3. The number of amides is 1. The maximum absolute atomic E-state index is 12.1. The van der Waals surface area contributed by atoms with Crippen LogP contribution in [0.25, 0.3) is 11.0 Å². The standard InChI is InChI=1S/C20H23N5O3/c1-12(26)3-2-10-22-18(27)14-7-4-13(5-8-14)6-9-15-11-23-17-16(15)19(28)25-20(21)24-17/h4-5,7-8,11H,2-3,6,9-10H2,1H3,(H,22,27)(H4,21,23,24,25,28). The summed E-state index contributed by atoms with van der Waals surface area (Å²) in [5.74, 6) is 0.0537. The van der Waals surface area contributed by atoms with Crippen LogP contribution in [-0.2, 0) is 17.6 Å². The molecule has 0 aliphatic rings. The fourth-order valence-electron chi connectivity index (χ4n) is 3.06. The summed E-state index contributed by atoms with van der Waals surface area (Å²) >= 11 is 0. The monoisotopic (exact) mass is 381 g/mol. The molecule has 0 bridgehead atoms. The van der Waals surface area contributed by atoms with Crippen molar-refractivity contribution in [3.63, 3.8) is 0 Å². The highest BCUT2D eigenvalue weighted by molar-refractivity contribution is 5.94. The van der Waals surface area contributed by atoms with Crippen LogP contribution >= 0.6 is 0 Å². The molecule has 8 heteroatoms. The van der Waals surface area contributed by atoms with Gasteiger partial charge in [-0.15, -0.1) is 0 Å². The second kappa shape index (κ2) is 8.51. The molecule has 0 unspecified atom stereocenters. The number of benzene rings is 1. The van der Waals surface area contributed by atoms with Crippen LogP contribution < -0.4 is 16.6 Å². The molecule has 1 amide bonds. The van der Waals surface area contributed by atoms with Crippen LogP contribution in [0, 0.1) is 0 Å². The van der Waals surface area contributed by atoms with Gasteiger partial charge in [-0.05, 0) is 49.4 Å². The van der Waals surface area contributed by atoms with E-state index in [1.54, 1.807) is 25.3 Å². The number of nitrogen functional groups attached to an aromatic ring is 1. The predicted octanol–water partition coefficient (Wildman–Crippen LogP) is 1.72. The number of carbonyl (C=O) groups is 2. The number of nitrogens with two attached hydrogens (primary N) is 1. The van der Waals surface area contributed by atoms with Gasteiger partial charge in [0.05, 0.1) is 5.39 Å². The van der Waals surface area contributed by atoms with Crippen LogP contribution in [0.4, 0.5) is 5.95 Å². The summed E-state index contributed by atoms with van der Waals surface area (Å²) in [6.45, 7) is 2.02.